The number of rotatable bonds is 3. The smallest absolute Gasteiger partial charge is 0.0590 e. The summed E-state index contributed by atoms with van der Waals surface area (Å²) in [6.07, 6.45) is 3.50. The fourth-order valence-electron chi connectivity index (χ4n) is 0.796. The van der Waals surface area contributed by atoms with Crippen LogP contribution in [0.2, 0.25) is 0 Å². The molecular weight excluding hydrogens is 239 g/mol. The Labute approximate surface area is 85.5 Å². The van der Waals surface area contributed by atoms with E-state index in [2.05, 4.69) is 26.2 Å². The molecule has 0 fully saturated rings. The highest BCUT2D eigenvalue weighted by Gasteiger charge is 2.02. The normalized spacial score (nSPS) is 12.6. The summed E-state index contributed by atoms with van der Waals surface area (Å²) in [5.41, 5.74) is 1.03. The van der Waals surface area contributed by atoms with Gasteiger partial charge in [-0.2, -0.15) is 0 Å². The van der Waals surface area contributed by atoms with Gasteiger partial charge in [-0.1, -0.05) is 0 Å². The highest BCUT2D eigenvalue weighted by atomic mass is 79.9. The first kappa shape index (κ1) is 9.81. The quantitative estimate of drug-likeness (QED) is 0.833. The zero-order chi connectivity index (χ0) is 8.97. The van der Waals surface area contributed by atoms with Crippen LogP contribution in [-0.2, 0) is 0 Å². The summed E-state index contributed by atoms with van der Waals surface area (Å²) in [5, 5.41) is 3.24. The van der Waals surface area contributed by atoms with Crippen LogP contribution in [-0.4, -0.2) is 16.9 Å². The molecule has 0 spiro atoms. The van der Waals surface area contributed by atoms with Gasteiger partial charge in [0.05, 0.1) is 10.2 Å². The van der Waals surface area contributed by atoms with E-state index in [0.29, 0.717) is 5.88 Å². The molecule has 0 aliphatic rings. The average molecular weight is 250 g/mol. The van der Waals surface area contributed by atoms with Crippen LogP contribution in [0.3, 0.4) is 0 Å². The van der Waals surface area contributed by atoms with Crippen molar-refractivity contribution in [3.63, 3.8) is 0 Å². The zero-order valence-electron chi connectivity index (χ0n) is 6.72. The highest BCUT2D eigenvalue weighted by molar-refractivity contribution is 9.10. The maximum absolute atomic E-state index is 5.66. The van der Waals surface area contributed by atoms with Crippen molar-refractivity contribution < 1.29 is 0 Å². The minimum atomic E-state index is 0.269. The molecule has 1 rings (SSSR count). The van der Waals surface area contributed by atoms with Gasteiger partial charge in [0.1, 0.15) is 0 Å². The molecule has 0 aliphatic carbocycles. The summed E-state index contributed by atoms with van der Waals surface area (Å²) >= 11 is 9.05. The number of anilines is 1. The Morgan fingerprint density at radius 3 is 3.08 bits per heavy atom. The third kappa shape index (κ3) is 2.64. The number of nitrogens with zero attached hydrogens (tertiary/aromatic N) is 1. The van der Waals surface area contributed by atoms with E-state index in [0.717, 1.165) is 10.2 Å². The van der Waals surface area contributed by atoms with Gasteiger partial charge in [-0.05, 0) is 28.9 Å². The van der Waals surface area contributed by atoms with E-state index in [9.17, 15) is 0 Å². The summed E-state index contributed by atoms with van der Waals surface area (Å²) in [6.45, 7) is 2.03. The molecule has 0 saturated carbocycles. The Balaban J connectivity index is 2.69. The number of hydrogen-bond donors (Lipinski definition) is 1. The van der Waals surface area contributed by atoms with Gasteiger partial charge in [0.2, 0.25) is 0 Å². The number of nitrogens with one attached hydrogen (secondary N) is 1. The van der Waals surface area contributed by atoms with Crippen LogP contribution in [0.4, 0.5) is 5.69 Å². The fourth-order valence-corrected chi connectivity index (χ4v) is 1.24. The topological polar surface area (TPSA) is 24.9 Å². The van der Waals surface area contributed by atoms with Gasteiger partial charge in [-0.15, -0.1) is 11.6 Å². The Morgan fingerprint density at radius 1 is 1.75 bits per heavy atom. The second-order valence-electron chi connectivity index (χ2n) is 2.56. The lowest BCUT2D eigenvalue weighted by molar-refractivity contribution is 0.905. The standard InChI is InChI=1S/C8H10BrClN2/c1-6(4-10)12-8-2-3-11-5-7(8)9/h2-3,5-6H,4H2,1H3,(H,11,12). The predicted octanol–water partition coefficient (Wildman–Crippen LogP) is 2.88. The molecule has 1 aromatic heterocycles. The van der Waals surface area contributed by atoms with Crippen LogP contribution < -0.4 is 5.32 Å². The van der Waals surface area contributed by atoms with Crippen LogP contribution in [0.25, 0.3) is 0 Å². The van der Waals surface area contributed by atoms with Crippen molar-refractivity contribution in [3.05, 3.63) is 22.9 Å². The van der Waals surface area contributed by atoms with Crippen molar-refractivity contribution in [3.8, 4) is 0 Å². The Morgan fingerprint density at radius 2 is 2.50 bits per heavy atom. The van der Waals surface area contributed by atoms with E-state index >= 15 is 0 Å². The lowest BCUT2D eigenvalue weighted by Crippen LogP contribution is -2.16. The van der Waals surface area contributed by atoms with Gasteiger partial charge >= 0.3 is 0 Å². The summed E-state index contributed by atoms with van der Waals surface area (Å²) in [6, 6.07) is 2.18. The van der Waals surface area contributed by atoms with Crippen LogP contribution >= 0.6 is 27.5 Å². The second-order valence-corrected chi connectivity index (χ2v) is 3.72. The third-order valence-corrected chi connectivity index (χ3v) is 2.50. The molecule has 2 nitrogen and oxygen atoms in total. The second kappa shape index (κ2) is 4.67. The van der Waals surface area contributed by atoms with Gasteiger partial charge in [-0.25, -0.2) is 0 Å². The van der Waals surface area contributed by atoms with Crippen LogP contribution in [0.5, 0.6) is 0 Å². The molecule has 1 N–H and O–H groups in total. The Bertz CT molecular complexity index is 255. The Kier molecular flexibility index (Phi) is 3.82. The molecular formula is C8H10BrClN2. The van der Waals surface area contributed by atoms with Crippen molar-refractivity contribution in [2.75, 3.05) is 11.2 Å². The van der Waals surface area contributed by atoms with Crippen molar-refractivity contribution in [2.45, 2.75) is 13.0 Å². The van der Waals surface area contributed by atoms with E-state index in [1.54, 1.807) is 12.4 Å². The molecule has 12 heavy (non-hydrogen) atoms. The summed E-state index contributed by atoms with van der Waals surface area (Å²) in [7, 11) is 0. The molecule has 0 bridgehead atoms. The number of hydrogen-bond acceptors (Lipinski definition) is 2. The van der Waals surface area contributed by atoms with Crippen molar-refractivity contribution in [2.24, 2.45) is 0 Å². The molecule has 1 unspecified atom stereocenters. The molecule has 66 valence electrons. The molecule has 1 atom stereocenters. The predicted molar refractivity (Wildman–Crippen MR) is 55.7 cm³/mol. The lowest BCUT2D eigenvalue weighted by Gasteiger charge is -2.12. The first-order chi connectivity index (χ1) is 5.74. The summed E-state index contributed by atoms with van der Waals surface area (Å²) < 4.78 is 0.960. The third-order valence-electron chi connectivity index (χ3n) is 1.41. The number of halogens is 2. The molecule has 0 amide bonds. The maximum Gasteiger partial charge on any atom is 0.0590 e. The van der Waals surface area contributed by atoms with Crippen LogP contribution in [0, 0.1) is 0 Å². The number of aromatic nitrogens is 1. The van der Waals surface area contributed by atoms with E-state index < -0.39 is 0 Å². The van der Waals surface area contributed by atoms with Gasteiger partial charge in [0.25, 0.3) is 0 Å². The monoisotopic (exact) mass is 248 g/mol. The van der Waals surface area contributed by atoms with Crippen molar-refractivity contribution in [1.29, 1.82) is 0 Å². The van der Waals surface area contributed by atoms with Crippen LogP contribution in [0.15, 0.2) is 22.9 Å². The van der Waals surface area contributed by atoms with Gasteiger partial charge < -0.3 is 5.32 Å². The fraction of sp³-hybridized carbons (Fsp3) is 0.375. The lowest BCUT2D eigenvalue weighted by atomic mass is 10.3. The molecule has 0 saturated heterocycles. The molecule has 0 aliphatic heterocycles. The summed E-state index contributed by atoms with van der Waals surface area (Å²) in [4.78, 5) is 3.96. The average Bonchev–Trinajstić information content (AvgIpc) is 2.09. The van der Waals surface area contributed by atoms with Gasteiger partial charge in [-0.3, -0.25) is 4.98 Å². The minimum Gasteiger partial charge on any atom is -0.380 e. The molecule has 0 aromatic carbocycles. The van der Waals surface area contributed by atoms with E-state index in [4.69, 9.17) is 11.6 Å². The van der Waals surface area contributed by atoms with Gasteiger partial charge in [0.15, 0.2) is 0 Å². The zero-order valence-corrected chi connectivity index (χ0v) is 9.06. The number of pyridine rings is 1. The first-order valence-corrected chi connectivity index (χ1v) is 4.99. The minimum absolute atomic E-state index is 0.269. The maximum atomic E-state index is 5.66. The number of alkyl halides is 1. The van der Waals surface area contributed by atoms with E-state index in [1.807, 2.05) is 13.0 Å². The molecule has 1 aromatic rings. The Hall–Kier alpha value is -0.280. The van der Waals surface area contributed by atoms with Crippen LogP contribution in [0.1, 0.15) is 6.92 Å². The molecule has 4 heteroatoms. The SMILES string of the molecule is CC(CCl)Nc1ccncc1Br. The highest BCUT2D eigenvalue weighted by Crippen LogP contribution is 2.20. The van der Waals surface area contributed by atoms with Gasteiger partial charge in [0, 0.05) is 24.3 Å². The summed E-state index contributed by atoms with van der Waals surface area (Å²) in [5.74, 6) is 0.592. The largest absolute Gasteiger partial charge is 0.380 e. The van der Waals surface area contributed by atoms with Crippen molar-refractivity contribution in [1.82, 2.24) is 4.98 Å². The first-order valence-electron chi connectivity index (χ1n) is 3.66. The van der Waals surface area contributed by atoms with Crippen molar-refractivity contribution >= 4 is 33.2 Å². The van der Waals surface area contributed by atoms with E-state index in [1.165, 1.54) is 0 Å². The molecule has 1 heterocycles. The molecule has 0 radical (unpaired) electrons. The van der Waals surface area contributed by atoms with E-state index in [-0.39, 0.29) is 6.04 Å².